The summed E-state index contributed by atoms with van der Waals surface area (Å²) < 4.78 is 40.2. The van der Waals surface area contributed by atoms with E-state index in [-0.39, 0.29) is 16.8 Å². The first-order valence-corrected chi connectivity index (χ1v) is 11.1. The number of hydrogen-bond donors (Lipinski definition) is 1. The number of benzene rings is 2. The average molecular weight is 405 g/mol. The Hall–Kier alpha value is -2.41. The fourth-order valence-corrected chi connectivity index (χ4v) is 4.69. The van der Waals surface area contributed by atoms with Gasteiger partial charge in [-0.25, -0.2) is 12.8 Å². The van der Waals surface area contributed by atoms with Gasteiger partial charge in [0.15, 0.2) is 0 Å². The van der Waals surface area contributed by atoms with Crippen LogP contribution in [-0.4, -0.2) is 31.8 Å². The summed E-state index contributed by atoms with van der Waals surface area (Å²) in [5, 5.41) is 0. The van der Waals surface area contributed by atoms with E-state index in [4.69, 9.17) is 0 Å². The second-order valence-corrected chi connectivity index (χ2v) is 8.70. The van der Waals surface area contributed by atoms with Crippen molar-refractivity contribution in [1.82, 2.24) is 4.90 Å². The molecule has 0 saturated heterocycles. The Labute approximate surface area is 165 Å². The zero-order valence-corrected chi connectivity index (χ0v) is 16.7. The summed E-state index contributed by atoms with van der Waals surface area (Å²) in [5.74, 6) is -0.525. The quantitative estimate of drug-likeness (QED) is 0.775. The van der Waals surface area contributed by atoms with Crippen LogP contribution in [0.1, 0.15) is 49.4 Å². The van der Waals surface area contributed by atoms with Crippen molar-refractivity contribution in [1.29, 1.82) is 0 Å². The van der Waals surface area contributed by atoms with Gasteiger partial charge in [0.05, 0.1) is 4.90 Å². The van der Waals surface area contributed by atoms with E-state index in [1.165, 1.54) is 18.6 Å². The van der Waals surface area contributed by atoms with E-state index in [2.05, 4.69) is 4.72 Å². The van der Waals surface area contributed by atoms with Gasteiger partial charge in [0, 0.05) is 23.8 Å². The number of amides is 1. The number of halogens is 1. The molecule has 1 N–H and O–H groups in total. The highest BCUT2D eigenvalue weighted by Crippen LogP contribution is 2.24. The van der Waals surface area contributed by atoms with Crippen molar-refractivity contribution in [2.45, 2.75) is 50.0 Å². The number of nitrogens with zero attached hydrogens (tertiary/aromatic N) is 1. The van der Waals surface area contributed by atoms with E-state index >= 15 is 0 Å². The van der Waals surface area contributed by atoms with Gasteiger partial charge in [-0.15, -0.1) is 0 Å². The Morgan fingerprint density at radius 3 is 2.21 bits per heavy atom. The first-order chi connectivity index (χ1) is 13.4. The Balaban J connectivity index is 1.71. The lowest BCUT2D eigenvalue weighted by Gasteiger charge is -2.33. The van der Waals surface area contributed by atoms with Crippen LogP contribution in [0.25, 0.3) is 0 Å². The van der Waals surface area contributed by atoms with Gasteiger partial charge in [0.2, 0.25) is 0 Å². The third-order valence-electron chi connectivity index (χ3n) is 5.13. The Morgan fingerprint density at radius 2 is 1.64 bits per heavy atom. The first-order valence-electron chi connectivity index (χ1n) is 9.60. The summed E-state index contributed by atoms with van der Waals surface area (Å²) in [6.07, 6.45) is 5.60. The fraction of sp³-hybridized carbons (Fsp3) is 0.381. The molecule has 0 heterocycles. The molecule has 2 aromatic carbocycles. The van der Waals surface area contributed by atoms with E-state index in [0.29, 0.717) is 17.8 Å². The summed E-state index contributed by atoms with van der Waals surface area (Å²) in [6.45, 7) is 2.64. The number of anilines is 1. The van der Waals surface area contributed by atoms with E-state index < -0.39 is 15.8 Å². The number of carbonyl (C=O) groups is 1. The van der Waals surface area contributed by atoms with E-state index in [0.717, 1.165) is 37.8 Å². The van der Waals surface area contributed by atoms with Crippen molar-refractivity contribution < 1.29 is 17.6 Å². The number of carbonyl (C=O) groups excluding carboxylic acids is 1. The van der Waals surface area contributed by atoms with Gasteiger partial charge < -0.3 is 4.90 Å². The van der Waals surface area contributed by atoms with Crippen molar-refractivity contribution in [3.05, 3.63) is 59.9 Å². The summed E-state index contributed by atoms with van der Waals surface area (Å²) >= 11 is 0. The Bertz CT molecular complexity index is 906. The lowest BCUT2D eigenvalue weighted by molar-refractivity contribution is 0.0648. The summed E-state index contributed by atoms with van der Waals surface area (Å²) in [6, 6.07) is 11.3. The standard InChI is InChI=1S/C21H25FN2O3S/c1-2-24(19-6-4-3-5-7-19)21(25)16-8-12-18(13-9-16)23-28(26,27)20-14-10-17(22)11-15-20/h8-15,19,23H,2-7H2,1H3. The van der Waals surface area contributed by atoms with Crippen molar-refractivity contribution >= 4 is 21.6 Å². The lowest BCUT2D eigenvalue weighted by atomic mass is 9.93. The van der Waals surface area contributed by atoms with Crippen LogP contribution < -0.4 is 4.72 Å². The van der Waals surface area contributed by atoms with Gasteiger partial charge in [0.25, 0.3) is 15.9 Å². The van der Waals surface area contributed by atoms with E-state index in [1.807, 2.05) is 11.8 Å². The van der Waals surface area contributed by atoms with Crippen LogP contribution in [0.15, 0.2) is 53.4 Å². The summed E-state index contributed by atoms with van der Waals surface area (Å²) in [5.41, 5.74) is 0.888. The van der Waals surface area contributed by atoms with Crippen LogP contribution in [0.4, 0.5) is 10.1 Å². The largest absolute Gasteiger partial charge is 0.336 e. The molecule has 1 aliphatic carbocycles. The third-order valence-corrected chi connectivity index (χ3v) is 6.52. The molecular weight excluding hydrogens is 379 g/mol. The SMILES string of the molecule is CCN(C(=O)c1ccc(NS(=O)(=O)c2ccc(F)cc2)cc1)C1CCCCC1. The van der Waals surface area contributed by atoms with Gasteiger partial charge in [-0.3, -0.25) is 9.52 Å². The predicted molar refractivity (Wildman–Crippen MR) is 107 cm³/mol. The van der Waals surface area contributed by atoms with E-state index in [9.17, 15) is 17.6 Å². The van der Waals surface area contributed by atoms with Crippen LogP contribution >= 0.6 is 0 Å². The number of hydrogen-bond acceptors (Lipinski definition) is 3. The molecule has 0 aliphatic heterocycles. The zero-order valence-electron chi connectivity index (χ0n) is 15.9. The molecule has 7 heteroatoms. The second-order valence-electron chi connectivity index (χ2n) is 7.02. The highest BCUT2D eigenvalue weighted by molar-refractivity contribution is 7.92. The molecule has 1 saturated carbocycles. The van der Waals surface area contributed by atoms with Crippen LogP contribution in [0.5, 0.6) is 0 Å². The Morgan fingerprint density at radius 1 is 1.04 bits per heavy atom. The molecule has 2 aromatic rings. The van der Waals surface area contributed by atoms with E-state index in [1.54, 1.807) is 24.3 Å². The van der Waals surface area contributed by atoms with Crippen LogP contribution in [0, 0.1) is 5.82 Å². The molecule has 0 spiro atoms. The third kappa shape index (κ3) is 4.70. The van der Waals surface area contributed by atoms with Gasteiger partial charge in [-0.1, -0.05) is 19.3 Å². The number of nitrogens with one attached hydrogen (secondary N) is 1. The maximum Gasteiger partial charge on any atom is 0.261 e. The normalized spacial score (nSPS) is 15.2. The number of rotatable bonds is 6. The monoisotopic (exact) mass is 404 g/mol. The highest BCUT2D eigenvalue weighted by Gasteiger charge is 2.25. The van der Waals surface area contributed by atoms with Crippen molar-refractivity contribution in [2.24, 2.45) is 0 Å². The minimum absolute atomic E-state index is 0.0245. The summed E-state index contributed by atoms with van der Waals surface area (Å²) in [7, 11) is -3.81. The van der Waals surface area contributed by atoms with Gasteiger partial charge in [-0.2, -0.15) is 0 Å². The molecule has 3 rings (SSSR count). The average Bonchev–Trinajstić information content (AvgIpc) is 2.70. The number of sulfonamides is 1. The molecule has 5 nitrogen and oxygen atoms in total. The minimum Gasteiger partial charge on any atom is -0.336 e. The van der Waals surface area contributed by atoms with Gasteiger partial charge >= 0.3 is 0 Å². The first kappa shape index (κ1) is 20.3. The molecule has 150 valence electrons. The molecule has 1 aliphatic rings. The molecular formula is C21H25FN2O3S. The van der Waals surface area contributed by atoms with Crippen LogP contribution in [0.2, 0.25) is 0 Å². The lowest BCUT2D eigenvalue weighted by Crippen LogP contribution is -2.41. The van der Waals surface area contributed by atoms with Gasteiger partial charge in [0.1, 0.15) is 5.82 Å². The fourth-order valence-electron chi connectivity index (χ4n) is 3.63. The van der Waals surface area contributed by atoms with Crippen molar-refractivity contribution in [3.8, 4) is 0 Å². The predicted octanol–water partition coefficient (Wildman–Crippen LogP) is 4.42. The Kier molecular flexibility index (Phi) is 6.34. The molecule has 1 amide bonds. The molecule has 28 heavy (non-hydrogen) atoms. The van der Waals surface area contributed by atoms with Crippen molar-refractivity contribution in [3.63, 3.8) is 0 Å². The molecule has 0 atom stereocenters. The zero-order chi connectivity index (χ0) is 20.1. The molecule has 0 bridgehead atoms. The molecule has 0 unspecified atom stereocenters. The smallest absolute Gasteiger partial charge is 0.261 e. The van der Waals surface area contributed by atoms with Crippen LogP contribution in [0.3, 0.4) is 0 Å². The van der Waals surface area contributed by atoms with Crippen LogP contribution in [-0.2, 0) is 10.0 Å². The minimum atomic E-state index is -3.81. The molecule has 0 radical (unpaired) electrons. The maximum absolute atomic E-state index is 13.0. The maximum atomic E-state index is 13.0. The van der Waals surface area contributed by atoms with Gasteiger partial charge in [-0.05, 0) is 68.3 Å². The molecule has 1 fully saturated rings. The van der Waals surface area contributed by atoms with Crippen molar-refractivity contribution in [2.75, 3.05) is 11.3 Å². The molecule has 0 aromatic heterocycles. The summed E-state index contributed by atoms with van der Waals surface area (Å²) in [4.78, 5) is 14.8. The second kappa shape index (κ2) is 8.73. The highest BCUT2D eigenvalue weighted by atomic mass is 32.2. The topological polar surface area (TPSA) is 66.5 Å².